The summed E-state index contributed by atoms with van der Waals surface area (Å²) in [6.07, 6.45) is -2.23. The molecule has 14 heteroatoms. The Morgan fingerprint density at radius 1 is 1.05 bits per heavy atom. The van der Waals surface area contributed by atoms with Crippen LogP contribution in [-0.2, 0) is 30.6 Å². The molecule has 0 heterocycles. The number of nitrogens with two attached hydrogens (primary N) is 1. The number of aliphatic carboxylic acids is 1. The van der Waals surface area contributed by atoms with Crippen molar-refractivity contribution in [1.82, 2.24) is 5.32 Å². The summed E-state index contributed by atoms with van der Waals surface area (Å²) in [6.45, 7) is 0. The van der Waals surface area contributed by atoms with E-state index in [4.69, 9.17) is 20.5 Å². The third-order valence-corrected chi connectivity index (χ3v) is 6.55. The standard InChI is InChI=1S/C25H25N3O5S.C2HF3O2/c1-33-25(30)22(15-17-6-5-7-18(14-17)16-27-26)28-24(29)20-12-10-19(11-13-20)21-8-3-4-9-23(21)34(2,31)32;3-2(4,5)1(6)7/h3-14,16,22H,15,26H2,1-2H3,(H,28,29);(H,6,7)/t22-;/m0./s1. The Hall–Kier alpha value is -4.72. The van der Waals surface area contributed by atoms with Gasteiger partial charge in [0.25, 0.3) is 5.91 Å². The van der Waals surface area contributed by atoms with Crippen molar-refractivity contribution in [3.8, 4) is 11.1 Å². The van der Waals surface area contributed by atoms with Crippen molar-refractivity contribution < 1.29 is 45.8 Å². The predicted octanol–water partition coefficient (Wildman–Crippen LogP) is 3.20. The van der Waals surface area contributed by atoms with Crippen LogP contribution in [0.1, 0.15) is 21.5 Å². The Morgan fingerprint density at radius 3 is 2.20 bits per heavy atom. The number of esters is 1. The van der Waals surface area contributed by atoms with Crippen molar-refractivity contribution in [1.29, 1.82) is 0 Å². The molecule has 3 rings (SSSR count). The fraction of sp³-hybridized carbons (Fsp3) is 0.185. The number of benzene rings is 3. The van der Waals surface area contributed by atoms with Crippen LogP contribution >= 0.6 is 0 Å². The Kier molecular flexibility index (Phi) is 11.2. The van der Waals surface area contributed by atoms with Crippen LogP contribution in [0.4, 0.5) is 13.2 Å². The number of methoxy groups -OCH3 is 1. The van der Waals surface area contributed by atoms with Gasteiger partial charge >= 0.3 is 18.1 Å². The minimum absolute atomic E-state index is 0.208. The van der Waals surface area contributed by atoms with E-state index in [1.807, 2.05) is 18.2 Å². The van der Waals surface area contributed by atoms with E-state index >= 15 is 0 Å². The maximum Gasteiger partial charge on any atom is 0.490 e. The molecule has 4 N–H and O–H groups in total. The maximum atomic E-state index is 12.9. The number of carboxylic acids is 1. The lowest BCUT2D eigenvalue weighted by molar-refractivity contribution is -0.192. The average Bonchev–Trinajstić information content (AvgIpc) is 2.92. The number of sulfone groups is 1. The summed E-state index contributed by atoms with van der Waals surface area (Å²) in [6, 6.07) is 19.5. The first-order chi connectivity index (χ1) is 19.2. The number of ether oxygens (including phenoxy) is 1. The van der Waals surface area contributed by atoms with Crippen molar-refractivity contribution in [2.24, 2.45) is 10.9 Å². The van der Waals surface area contributed by atoms with Crippen LogP contribution in [0, 0.1) is 0 Å². The molecule has 218 valence electrons. The molecular formula is C27H26F3N3O7S. The van der Waals surface area contributed by atoms with E-state index in [0.717, 1.165) is 17.4 Å². The second-order valence-electron chi connectivity index (χ2n) is 8.43. The van der Waals surface area contributed by atoms with Gasteiger partial charge in [0.15, 0.2) is 9.84 Å². The molecule has 0 radical (unpaired) electrons. The van der Waals surface area contributed by atoms with E-state index in [9.17, 15) is 31.2 Å². The number of alkyl halides is 3. The molecule has 0 aromatic heterocycles. The molecule has 0 aliphatic rings. The van der Waals surface area contributed by atoms with Crippen molar-refractivity contribution in [3.05, 3.63) is 89.5 Å². The topological polar surface area (TPSA) is 165 Å². The van der Waals surface area contributed by atoms with Crippen LogP contribution in [0.2, 0.25) is 0 Å². The summed E-state index contributed by atoms with van der Waals surface area (Å²) in [5, 5.41) is 13.3. The molecule has 0 bridgehead atoms. The summed E-state index contributed by atoms with van der Waals surface area (Å²) in [7, 11) is -2.16. The van der Waals surface area contributed by atoms with Gasteiger partial charge in [0.2, 0.25) is 0 Å². The van der Waals surface area contributed by atoms with Gasteiger partial charge in [-0.1, -0.05) is 54.6 Å². The molecule has 0 aliphatic carbocycles. The monoisotopic (exact) mass is 593 g/mol. The lowest BCUT2D eigenvalue weighted by Gasteiger charge is -2.17. The number of nitrogens with zero attached hydrogens (tertiary/aromatic N) is 1. The Labute approximate surface area is 233 Å². The molecule has 0 aliphatic heterocycles. The normalized spacial score (nSPS) is 12.1. The second kappa shape index (κ2) is 14.1. The Balaban J connectivity index is 0.000000745. The Bertz CT molecular complexity index is 1520. The fourth-order valence-electron chi connectivity index (χ4n) is 3.53. The zero-order valence-corrected chi connectivity index (χ0v) is 22.6. The van der Waals surface area contributed by atoms with Gasteiger partial charge in [-0.3, -0.25) is 4.79 Å². The van der Waals surface area contributed by atoms with Crippen LogP contribution in [-0.4, -0.2) is 63.2 Å². The molecular weight excluding hydrogens is 567 g/mol. The molecule has 0 saturated carbocycles. The molecule has 1 amide bonds. The molecule has 10 nitrogen and oxygen atoms in total. The van der Waals surface area contributed by atoms with E-state index in [1.165, 1.54) is 13.3 Å². The summed E-state index contributed by atoms with van der Waals surface area (Å²) in [5.74, 6) is 1.40. The zero-order chi connectivity index (χ0) is 30.8. The van der Waals surface area contributed by atoms with Crippen molar-refractivity contribution in [2.75, 3.05) is 13.4 Å². The fourth-order valence-corrected chi connectivity index (χ4v) is 4.44. The highest BCUT2D eigenvalue weighted by molar-refractivity contribution is 7.90. The maximum absolute atomic E-state index is 12.9. The molecule has 0 spiro atoms. The molecule has 0 unspecified atom stereocenters. The van der Waals surface area contributed by atoms with Crippen LogP contribution in [0.5, 0.6) is 0 Å². The highest BCUT2D eigenvalue weighted by atomic mass is 32.2. The number of hydrazone groups is 1. The molecule has 0 saturated heterocycles. The highest BCUT2D eigenvalue weighted by Gasteiger charge is 2.38. The molecule has 1 atom stereocenters. The predicted molar refractivity (Wildman–Crippen MR) is 144 cm³/mol. The minimum Gasteiger partial charge on any atom is -0.475 e. The van der Waals surface area contributed by atoms with E-state index in [2.05, 4.69) is 10.4 Å². The van der Waals surface area contributed by atoms with Gasteiger partial charge in [0.1, 0.15) is 6.04 Å². The van der Waals surface area contributed by atoms with Crippen molar-refractivity contribution in [3.63, 3.8) is 0 Å². The first kappa shape index (κ1) is 32.5. The van der Waals surface area contributed by atoms with E-state index in [-0.39, 0.29) is 11.3 Å². The number of amides is 1. The lowest BCUT2D eigenvalue weighted by atomic mass is 10.0. The van der Waals surface area contributed by atoms with Crippen molar-refractivity contribution >= 4 is 33.9 Å². The first-order valence-corrected chi connectivity index (χ1v) is 13.5. The van der Waals surface area contributed by atoms with Crippen LogP contribution in [0.3, 0.4) is 0 Å². The lowest BCUT2D eigenvalue weighted by Crippen LogP contribution is -2.43. The van der Waals surface area contributed by atoms with Crippen LogP contribution < -0.4 is 11.2 Å². The van der Waals surface area contributed by atoms with Gasteiger partial charge in [0, 0.05) is 23.8 Å². The van der Waals surface area contributed by atoms with Gasteiger partial charge in [-0.25, -0.2) is 18.0 Å². The number of carboxylic acid groups (broad SMARTS) is 1. The third kappa shape index (κ3) is 9.76. The minimum atomic E-state index is -5.08. The van der Waals surface area contributed by atoms with E-state index < -0.39 is 39.9 Å². The first-order valence-electron chi connectivity index (χ1n) is 11.6. The number of carbonyl (C=O) groups is 3. The van der Waals surface area contributed by atoms with Gasteiger partial charge < -0.3 is 21.0 Å². The SMILES string of the molecule is COC(=O)[C@H](Cc1cccc(C=NN)c1)NC(=O)c1ccc(-c2ccccc2S(C)(=O)=O)cc1.O=C(O)C(F)(F)F. The quantitative estimate of drug-likeness (QED) is 0.155. The number of carbonyl (C=O) groups excluding carboxylic acids is 2. The second-order valence-corrected chi connectivity index (χ2v) is 10.4. The molecule has 3 aromatic rings. The number of rotatable bonds is 8. The van der Waals surface area contributed by atoms with Gasteiger partial charge in [0.05, 0.1) is 18.2 Å². The highest BCUT2D eigenvalue weighted by Crippen LogP contribution is 2.27. The summed E-state index contributed by atoms with van der Waals surface area (Å²) in [4.78, 5) is 34.3. The van der Waals surface area contributed by atoms with Crippen molar-refractivity contribution in [2.45, 2.75) is 23.5 Å². The zero-order valence-electron chi connectivity index (χ0n) is 21.8. The summed E-state index contributed by atoms with van der Waals surface area (Å²) >= 11 is 0. The number of nitrogens with one attached hydrogen (secondary N) is 1. The summed E-state index contributed by atoms with van der Waals surface area (Å²) in [5.41, 5.74) is 3.07. The average molecular weight is 594 g/mol. The number of hydrogen-bond acceptors (Lipinski definition) is 8. The number of halogens is 3. The molecule has 3 aromatic carbocycles. The summed E-state index contributed by atoms with van der Waals surface area (Å²) < 4.78 is 60.8. The largest absolute Gasteiger partial charge is 0.490 e. The van der Waals surface area contributed by atoms with E-state index in [0.29, 0.717) is 16.7 Å². The molecule has 0 fully saturated rings. The Morgan fingerprint density at radius 2 is 1.66 bits per heavy atom. The van der Waals surface area contributed by atoms with Gasteiger partial charge in [-0.2, -0.15) is 18.3 Å². The smallest absolute Gasteiger partial charge is 0.475 e. The number of hydrogen-bond donors (Lipinski definition) is 3. The van der Waals surface area contributed by atoms with Crippen LogP contribution in [0.15, 0.2) is 82.8 Å². The van der Waals surface area contributed by atoms with Crippen LogP contribution in [0.25, 0.3) is 11.1 Å². The third-order valence-electron chi connectivity index (χ3n) is 5.39. The van der Waals surface area contributed by atoms with Gasteiger partial charge in [-0.05, 0) is 34.9 Å². The van der Waals surface area contributed by atoms with Gasteiger partial charge in [-0.15, -0.1) is 0 Å². The molecule has 41 heavy (non-hydrogen) atoms. The van der Waals surface area contributed by atoms with E-state index in [1.54, 1.807) is 54.6 Å².